The fourth-order valence-corrected chi connectivity index (χ4v) is 3.33. The molecule has 30 heavy (non-hydrogen) atoms. The maximum absolute atomic E-state index is 11.7. The van der Waals surface area contributed by atoms with Crippen molar-refractivity contribution in [1.29, 1.82) is 0 Å². The van der Waals surface area contributed by atoms with Gasteiger partial charge in [0.2, 0.25) is 0 Å². The van der Waals surface area contributed by atoms with E-state index in [1.807, 2.05) is 54.6 Å². The van der Waals surface area contributed by atoms with Crippen LogP contribution in [0.3, 0.4) is 0 Å². The minimum absolute atomic E-state index is 0.0658. The number of carbonyl (C=O) groups is 2. The molecule has 1 aromatic heterocycles. The van der Waals surface area contributed by atoms with Crippen LogP contribution in [-0.2, 0) is 0 Å². The van der Waals surface area contributed by atoms with E-state index >= 15 is 0 Å². The molecule has 0 fully saturated rings. The zero-order valence-electron chi connectivity index (χ0n) is 15.9. The number of anilines is 1. The first-order chi connectivity index (χ1) is 14.5. The van der Waals surface area contributed by atoms with E-state index in [1.54, 1.807) is 0 Å². The summed E-state index contributed by atoms with van der Waals surface area (Å²) >= 11 is 0. The maximum Gasteiger partial charge on any atom is 0.316 e. The Labute approximate surface area is 172 Å². The van der Waals surface area contributed by atoms with Gasteiger partial charge in [0.25, 0.3) is 5.91 Å². The second-order valence-electron chi connectivity index (χ2n) is 6.65. The Balaban J connectivity index is 1.79. The lowest BCUT2D eigenvalue weighted by molar-refractivity contribution is 0.0996. The van der Waals surface area contributed by atoms with E-state index in [0.29, 0.717) is 5.69 Å². The molecule has 0 bridgehead atoms. The van der Waals surface area contributed by atoms with Crippen LogP contribution >= 0.6 is 0 Å². The zero-order chi connectivity index (χ0) is 21.1. The first-order valence-electron chi connectivity index (χ1n) is 9.24. The van der Waals surface area contributed by atoms with Crippen molar-refractivity contribution in [3.05, 3.63) is 90.8 Å². The molecule has 0 aliphatic heterocycles. The number of carbonyl (C=O) groups excluding carboxylic acids is 2. The average molecular weight is 397 g/mol. The molecule has 148 valence electrons. The average Bonchev–Trinajstić information content (AvgIpc) is 3.18. The van der Waals surface area contributed by atoms with Gasteiger partial charge in [-0.1, -0.05) is 66.7 Å². The quantitative estimate of drug-likeness (QED) is 0.475. The van der Waals surface area contributed by atoms with Crippen molar-refractivity contribution in [3.8, 4) is 27.9 Å². The van der Waals surface area contributed by atoms with Gasteiger partial charge in [-0.3, -0.25) is 4.79 Å². The molecule has 3 amide bonds. The molecule has 0 aliphatic rings. The highest BCUT2D eigenvalue weighted by atomic mass is 16.2. The van der Waals surface area contributed by atoms with Crippen LogP contribution in [0.15, 0.2) is 85.1 Å². The van der Waals surface area contributed by atoms with Gasteiger partial charge in [0.15, 0.2) is 5.69 Å². The van der Waals surface area contributed by atoms with Gasteiger partial charge in [0.1, 0.15) is 0 Å². The third kappa shape index (κ3) is 3.77. The molecule has 4 rings (SSSR count). The molecule has 4 aromatic rings. The predicted octanol–water partition coefficient (Wildman–Crippen LogP) is 3.80. The molecule has 3 aromatic carbocycles. The third-order valence-electron chi connectivity index (χ3n) is 4.64. The summed E-state index contributed by atoms with van der Waals surface area (Å²) in [5.41, 5.74) is 15.6. The minimum atomic E-state index is -0.803. The molecule has 0 spiro atoms. The van der Waals surface area contributed by atoms with Gasteiger partial charge >= 0.3 is 6.03 Å². The summed E-state index contributed by atoms with van der Waals surface area (Å²) in [6.45, 7) is 0. The molecule has 0 atom stereocenters. The SMILES string of the molecule is NC(=O)Nc1cn(-c2cccc(-c3ccccc3-c3ccccc3)c2)nc1C(N)=O. The standard InChI is InChI=1S/C23H19N5O2/c24-22(29)21-20(26-23(25)30)14-28(27-21)17-10-6-9-16(13-17)19-12-5-4-11-18(19)15-7-2-1-3-8-15/h1-14H,(H2,24,29)(H3,25,26,30). The fourth-order valence-electron chi connectivity index (χ4n) is 3.33. The summed E-state index contributed by atoms with van der Waals surface area (Å²) in [5, 5.41) is 6.60. The Bertz CT molecular complexity index is 1230. The van der Waals surface area contributed by atoms with E-state index in [0.717, 1.165) is 22.3 Å². The Morgan fingerprint density at radius 2 is 1.43 bits per heavy atom. The first-order valence-corrected chi connectivity index (χ1v) is 9.24. The van der Waals surface area contributed by atoms with E-state index in [-0.39, 0.29) is 11.4 Å². The lowest BCUT2D eigenvalue weighted by Gasteiger charge is -2.11. The van der Waals surface area contributed by atoms with Crippen LogP contribution in [0.4, 0.5) is 10.5 Å². The minimum Gasteiger partial charge on any atom is -0.364 e. The molecule has 0 aliphatic carbocycles. The molecule has 0 saturated heterocycles. The van der Waals surface area contributed by atoms with Gasteiger partial charge in [-0.2, -0.15) is 5.10 Å². The number of amides is 3. The van der Waals surface area contributed by atoms with Gasteiger partial charge in [0.05, 0.1) is 17.6 Å². The summed E-state index contributed by atoms with van der Waals surface area (Å²) in [6.07, 6.45) is 1.51. The van der Waals surface area contributed by atoms with Crippen molar-refractivity contribution < 1.29 is 9.59 Å². The van der Waals surface area contributed by atoms with Gasteiger partial charge in [0, 0.05) is 0 Å². The van der Waals surface area contributed by atoms with Crippen LogP contribution in [0.25, 0.3) is 27.9 Å². The number of primary amides is 2. The molecule has 5 N–H and O–H groups in total. The molecule has 0 unspecified atom stereocenters. The molecule has 1 heterocycles. The monoisotopic (exact) mass is 397 g/mol. The van der Waals surface area contributed by atoms with Gasteiger partial charge in [-0.15, -0.1) is 0 Å². The molecule has 0 saturated carbocycles. The largest absolute Gasteiger partial charge is 0.364 e. The van der Waals surface area contributed by atoms with E-state index in [4.69, 9.17) is 11.5 Å². The molecular weight excluding hydrogens is 378 g/mol. The van der Waals surface area contributed by atoms with Crippen LogP contribution in [0, 0.1) is 0 Å². The number of rotatable bonds is 5. The summed E-state index contributed by atoms with van der Waals surface area (Å²) in [4.78, 5) is 22.9. The van der Waals surface area contributed by atoms with Gasteiger partial charge < -0.3 is 16.8 Å². The Hall–Kier alpha value is -4.39. The summed E-state index contributed by atoms with van der Waals surface area (Å²) < 4.78 is 1.49. The van der Waals surface area contributed by atoms with Crippen molar-refractivity contribution in [2.24, 2.45) is 11.5 Å². The number of urea groups is 1. The first kappa shape index (κ1) is 18.9. The van der Waals surface area contributed by atoms with Gasteiger partial charge in [-0.25, -0.2) is 9.48 Å². The molecular formula is C23H19N5O2. The van der Waals surface area contributed by atoms with Crippen molar-refractivity contribution in [2.75, 3.05) is 5.32 Å². The maximum atomic E-state index is 11.7. The topological polar surface area (TPSA) is 116 Å². The van der Waals surface area contributed by atoms with Crippen molar-refractivity contribution in [3.63, 3.8) is 0 Å². The van der Waals surface area contributed by atoms with Crippen molar-refractivity contribution >= 4 is 17.6 Å². The van der Waals surface area contributed by atoms with Crippen LogP contribution < -0.4 is 16.8 Å². The second-order valence-corrected chi connectivity index (χ2v) is 6.65. The highest BCUT2D eigenvalue weighted by Crippen LogP contribution is 2.33. The van der Waals surface area contributed by atoms with Crippen LogP contribution in [0.5, 0.6) is 0 Å². The summed E-state index contributed by atoms with van der Waals surface area (Å²) in [7, 11) is 0. The highest BCUT2D eigenvalue weighted by molar-refractivity contribution is 6.00. The molecule has 7 heteroatoms. The Morgan fingerprint density at radius 3 is 2.10 bits per heavy atom. The number of hydrogen-bond donors (Lipinski definition) is 3. The zero-order valence-corrected chi connectivity index (χ0v) is 15.9. The predicted molar refractivity (Wildman–Crippen MR) is 116 cm³/mol. The van der Waals surface area contributed by atoms with E-state index in [9.17, 15) is 9.59 Å². The number of hydrogen-bond acceptors (Lipinski definition) is 3. The Kier molecular flexibility index (Phi) is 5.00. The second kappa shape index (κ2) is 7.92. The lowest BCUT2D eigenvalue weighted by Crippen LogP contribution is -2.22. The summed E-state index contributed by atoms with van der Waals surface area (Å²) in [6, 6.07) is 25.2. The van der Waals surface area contributed by atoms with Crippen LogP contribution in [0.1, 0.15) is 10.5 Å². The normalized spacial score (nSPS) is 10.5. The lowest BCUT2D eigenvalue weighted by atomic mass is 9.94. The number of nitrogens with two attached hydrogens (primary N) is 2. The van der Waals surface area contributed by atoms with Crippen LogP contribution in [0.2, 0.25) is 0 Å². The smallest absolute Gasteiger partial charge is 0.316 e. The van der Waals surface area contributed by atoms with E-state index in [1.165, 1.54) is 10.9 Å². The number of benzene rings is 3. The molecule has 0 radical (unpaired) electrons. The summed E-state index contributed by atoms with van der Waals surface area (Å²) in [5.74, 6) is -0.761. The van der Waals surface area contributed by atoms with E-state index in [2.05, 4.69) is 34.7 Å². The van der Waals surface area contributed by atoms with Crippen molar-refractivity contribution in [1.82, 2.24) is 9.78 Å². The number of nitrogens with zero attached hydrogens (tertiary/aromatic N) is 2. The fraction of sp³-hybridized carbons (Fsp3) is 0. The van der Waals surface area contributed by atoms with Crippen molar-refractivity contribution in [2.45, 2.75) is 0 Å². The number of nitrogens with one attached hydrogen (secondary N) is 1. The number of aromatic nitrogens is 2. The molecule has 7 nitrogen and oxygen atoms in total. The Morgan fingerprint density at radius 1 is 0.800 bits per heavy atom. The van der Waals surface area contributed by atoms with Crippen LogP contribution in [-0.4, -0.2) is 21.7 Å². The highest BCUT2D eigenvalue weighted by Gasteiger charge is 2.16. The van der Waals surface area contributed by atoms with Gasteiger partial charge in [-0.05, 0) is 34.4 Å². The third-order valence-corrected chi connectivity index (χ3v) is 4.64. The van der Waals surface area contributed by atoms with E-state index < -0.39 is 11.9 Å².